The largest absolute Gasteiger partial charge is 0.461 e. The third-order valence-corrected chi connectivity index (χ3v) is 15.1. The minimum atomic E-state index is -0.820. The van der Waals surface area contributed by atoms with Crippen molar-refractivity contribution in [2.24, 2.45) is 40.4 Å². The lowest BCUT2D eigenvalue weighted by Crippen LogP contribution is -2.81. The van der Waals surface area contributed by atoms with Gasteiger partial charge in [-0.25, -0.2) is 9.69 Å². The molecular formula is C38H50N2O10. The lowest BCUT2D eigenvalue weighted by atomic mass is 9.42. The highest BCUT2D eigenvalue weighted by molar-refractivity contribution is 6.22. The number of esters is 1. The molecule has 3 aliphatic heterocycles. The van der Waals surface area contributed by atoms with Gasteiger partial charge in [0.05, 0.1) is 48.3 Å². The van der Waals surface area contributed by atoms with Crippen molar-refractivity contribution in [3.63, 3.8) is 0 Å². The Kier molecular flexibility index (Phi) is 7.53. The first-order chi connectivity index (χ1) is 24.1. The van der Waals surface area contributed by atoms with Gasteiger partial charge >= 0.3 is 5.97 Å². The van der Waals surface area contributed by atoms with Crippen molar-refractivity contribution in [1.82, 2.24) is 4.90 Å². The SMILES string of the molecule is CCN1C[C@]2(COC(=O)c3ccccc3N3C(=O)CC(C)C3=O)CC[C@H](OC)[C@@]34C1[C@]1(OCO[C@@]15C[C@H](OC)[C@H]1C[C@@H]3[C@@H]5[C@H]1OC)[C@@H](OC)[C@H]24. The number of ether oxygens (including phenoxy) is 7. The molecule has 2 amide bonds. The lowest BCUT2D eigenvalue weighted by Gasteiger charge is -2.70. The van der Waals surface area contributed by atoms with Gasteiger partial charge in [0.15, 0.2) is 0 Å². The van der Waals surface area contributed by atoms with Gasteiger partial charge in [0.1, 0.15) is 18.0 Å². The van der Waals surface area contributed by atoms with Crippen LogP contribution in [0.15, 0.2) is 24.3 Å². The minimum Gasteiger partial charge on any atom is -0.461 e. The summed E-state index contributed by atoms with van der Waals surface area (Å²) in [4.78, 5) is 43.8. The Morgan fingerprint density at radius 1 is 1.04 bits per heavy atom. The molecule has 0 aromatic heterocycles. The Morgan fingerprint density at radius 3 is 2.52 bits per heavy atom. The molecule has 5 aliphatic carbocycles. The van der Waals surface area contributed by atoms with Crippen molar-refractivity contribution >= 4 is 23.5 Å². The zero-order valence-electron chi connectivity index (χ0n) is 29.9. The summed E-state index contributed by atoms with van der Waals surface area (Å²) in [6.45, 7) is 5.73. The number of hydrogen-bond acceptors (Lipinski definition) is 11. The Hall–Kier alpha value is -2.45. The van der Waals surface area contributed by atoms with Gasteiger partial charge in [0.2, 0.25) is 11.8 Å². The van der Waals surface area contributed by atoms with E-state index in [2.05, 4.69) is 11.8 Å². The second-order valence-corrected chi connectivity index (χ2v) is 16.3. The van der Waals surface area contributed by atoms with Crippen LogP contribution in [0.3, 0.4) is 0 Å². The number of piperidine rings is 1. The van der Waals surface area contributed by atoms with Gasteiger partial charge < -0.3 is 33.2 Å². The van der Waals surface area contributed by atoms with E-state index in [1.165, 1.54) is 0 Å². The molecule has 7 bridgehead atoms. The minimum absolute atomic E-state index is 0.0457. The number of para-hydroxylation sites is 1. The number of methoxy groups -OCH3 is 4. The van der Waals surface area contributed by atoms with E-state index >= 15 is 0 Å². The molecule has 5 saturated carbocycles. The van der Waals surface area contributed by atoms with Crippen LogP contribution < -0.4 is 4.90 Å². The zero-order valence-corrected chi connectivity index (χ0v) is 29.9. The molecule has 3 spiro atoms. The maximum atomic E-state index is 14.2. The molecule has 9 rings (SSSR count). The number of likely N-dealkylation sites (tertiary alicyclic amines) is 1. The zero-order chi connectivity index (χ0) is 35.0. The van der Waals surface area contributed by atoms with Crippen molar-refractivity contribution < 1.29 is 47.5 Å². The predicted octanol–water partition coefficient (Wildman–Crippen LogP) is 3.05. The van der Waals surface area contributed by atoms with Crippen LogP contribution in [-0.2, 0) is 42.7 Å². The van der Waals surface area contributed by atoms with Gasteiger partial charge in [-0.1, -0.05) is 26.0 Å². The number of nitrogens with zero attached hydrogens (tertiary/aromatic N) is 2. The summed E-state index contributed by atoms with van der Waals surface area (Å²) in [6.07, 6.45) is 2.77. The smallest absolute Gasteiger partial charge is 0.340 e. The standard InChI is InChI=1S/C38H50N2O10/c1-7-39-17-35(18-48-33(43)21-10-8-9-11-24(21)40-27(41)14-20(2)32(40)42)13-12-26(45-4)37-23-15-22-25(44-3)16-36(28(23)29(22)46-5)38(34(37)39,50-19-49-36)31(47-6)30(35)37/h8-11,20,22-23,25-26,28-31,34H,7,12-19H2,1-6H3/t20?,22-,23-,25+,26+,28-,29+,30-,31+,34?,35+,36-,37+,38-/m1/s1. The van der Waals surface area contributed by atoms with E-state index in [0.717, 1.165) is 30.7 Å². The highest BCUT2D eigenvalue weighted by Crippen LogP contribution is 2.82. The average Bonchev–Trinajstić information content (AvgIpc) is 3.78. The highest BCUT2D eigenvalue weighted by atomic mass is 16.7. The number of fused-ring (bicyclic) bond motifs is 1. The third kappa shape index (κ3) is 3.64. The maximum absolute atomic E-state index is 14.2. The molecule has 3 heterocycles. The summed E-state index contributed by atoms with van der Waals surface area (Å²) in [5.41, 5.74) is -1.91. The van der Waals surface area contributed by atoms with Crippen molar-refractivity contribution in [3.8, 4) is 0 Å². The van der Waals surface area contributed by atoms with E-state index in [0.29, 0.717) is 13.0 Å². The summed E-state index contributed by atoms with van der Waals surface area (Å²) in [5.74, 6) is -1.22. The number of benzene rings is 1. The monoisotopic (exact) mass is 694 g/mol. The molecular weight excluding hydrogens is 644 g/mol. The molecule has 0 radical (unpaired) electrons. The van der Waals surface area contributed by atoms with Gasteiger partial charge in [-0.3, -0.25) is 14.5 Å². The van der Waals surface area contributed by atoms with E-state index in [9.17, 15) is 14.4 Å². The molecule has 272 valence electrons. The first kappa shape index (κ1) is 33.4. The third-order valence-electron chi connectivity index (χ3n) is 15.1. The van der Waals surface area contributed by atoms with Gasteiger partial charge in [0, 0.05) is 82.3 Å². The number of anilines is 1. The second kappa shape index (κ2) is 11.3. The fourth-order valence-corrected chi connectivity index (χ4v) is 13.9. The van der Waals surface area contributed by atoms with Crippen LogP contribution in [-0.4, -0.2) is 119 Å². The van der Waals surface area contributed by atoms with Crippen LogP contribution in [0.1, 0.15) is 56.3 Å². The molecule has 12 nitrogen and oxygen atoms in total. The number of carbonyl (C=O) groups is 3. The second-order valence-electron chi connectivity index (χ2n) is 16.3. The first-order valence-electron chi connectivity index (χ1n) is 18.4. The Morgan fingerprint density at radius 2 is 1.84 bits per heavy atom. The molecule has 12 heteroatoms. The summed E-state index contributed by atoms with van der Waals surface area (Å²) >= 11 is 0. The molecule has 8 aliphatic rings. The van der Waals surface area contributed by atoms with Gasteiger partial charge in [-0.15, -0.1) is 0 Å². The van der Waals surface area contributed by atoms with Gasteiger partial charge in [-0.05, 0) is 43.9 Å². The first-order valence-corrected chi connectivity index (χ1v) is 18.4. The number of carbonyl (C=O) groups excluding carboxylic acids is 3. The van der Waals surface area contributed by atoms with Crippen molar-refractivity contribution in [3.05, 3.63) is 29.8 Å². The van der Waals surface area contributed by atoms with Crippen LogP contribution in [0.5, 0.6) is 0 Å². The lowest BCUT2D eigenvalue weighted by molar-refractivity contribution is -0.286. The summed E-state index contributed by atoms with van der Waals surface area (Å²) in [6, 6.07) is 6.72. The fraction of sp³-hybridized carbons (Fsp3) is 0.763. The Balaban J connectivity index is 1.16. The van der Waals surface area contributed by atoms with E-state index in [4.69, 9.17) is 33.2 Å². The van der Waals surface area contributed by atoms with E-state index in [1.54, 1.807) is 45.4 Å². The van der Waals surface area contributed by atoms with E-state index in [1.807, 2.05) is 14.2 Å². The molecule has 8 fully saturated rings. The molecule has 1 aromatic rings. The molecule has 0 N–H and O–H groups in total. The quantitative estimate of drug-likeness (QED) is 0.280. The van der Waals surface area contributed by atoms with Crippen LogP contribution in [0, 0.1) is 40.4 Å². The highest BCUT2D eigenvalue weighted by Gasteiger charge is 2.94. The van der Waals surface area contributed by atoms with Crippen molar-refractivity contribution in [2.45, 2.75) is 87.6 Å². The molecule has 1 aromatic carbocycles. The average molecular weight is 695 g/mol. The number of rotatable bonds is 9. The topological polar surface area (TPSA) is 122 Å². The van der Waals surface area contributed by atoms with Crippen molar-refractivity contribution in [1.29, 1.82) is 0 Å². The van der Waals surface area contributed by atoms with Gasteiger partial charge in [-0.2, -0.15) is 0 Å². The normalized spacial score (nSPS) is 48.3. The summed E-state index contributed by atoms with van der Waals surface area (Å²) < 4.78 is 46.5. The molecule has 14 atom stereocenters. The van der Waals surface area contributed by atoms with E-state index in [-0.39, 0.29) is 97.0 Å². The summed E-state index contributed by atoms with van der Waals surface area (Å²) in [5, 5.41) is 0. The van der Waals surface area contributed by atoms with Gasteiger partial charge in [0.25, 0.3) is 0 Å². The van der Waals surface area contributed by atoms with Crippen LogP contribution >= 0.6 is 0 Å². The molecule has 50 heavy (non-hydrogen) atoms. The predicted molar refractivity (Wildman–Crippen MR) is 177 cm³/mol. The Labute approximate surface area is 293 Å². The fourth-order valence-electron chi connectivity index (χ4n) is 13.9. The Bertz CT molecular complexity index is 1610. The van der Waals surface area contributed by atoms with Crippen LogP contribution in [0.25, 0.3) is 0 Å². The number of likely N-dealkylation sites (N-methyl/N-ethyl adjacent to an activating group) is 1. The summed E-state index contributed by atoms with van der Waals surface area (Å²) in [7, 11) is 7.24. The van der Waals surface area contributed by atoms with Crippen molar-refractivity contribution in [2.75, 3.05) is 59.8 Å². The van der Waals surface area contributed by atoms with Crippen LogP contribution in [0.4, 0.5) is 5.69 Å². The molecule has 3 saturated heterocycles. The maximum Gasteiger partial charge on any atom is 0.340 e. The van der Waals surface area contributed by atoms with Crippen LogP contribution in [0.2, 0.25) is 0 Å². The number of amides is 2. The number of imide groups is 1. The van der Waals surface area contributed by atoms with E-state index < -0.39 is 33.9 Å². The molecule has 2 unspecified atom stereocenters. The number of hydrogen-bond donors (Lipinski definition) is 0.